The Morgan fingerprint density at radius 3 is 2.71 bits per heavy atom. The summed E-state index contributed by atoms with van der Waals surface area (Å²) in [7, 11) is 0. The van der Waals surface area contributed by atoms with Gasteiger partial charge in [0.05, 0.1) is 10.7 Å². The number of benzene rings is 1. The summed E-state index contributed by atoms with van der Waals surface area (Å²) in [6.45, 7) is 0. The molecule has 0 aromatic heterocycles. The predicted molar refractivity (Wildman–Crippen MR) is 80.6 cm³/mol. The number of carboxylic acids is 1. The van der Waals surface area contributed by atoms with Crippen LogP contribution in [0.1, 0.15) is 42.5 Å². The predicted octanol–water partition coefficient (Wildman–Crippen LogP) is 3.80. The number of fused-ring (bicyclic) bond motifs is 2. The minimum atomic E-state index is -1.13. The number of nitrogens with one attached hydrogen (secondary N) is 1. The fourth-order valence-electron chi connectivity index (χ4n) is 3.91. The molecule has 2 fully saturated rings. The first-order chi connectivity index (χ1) is 10.0. The summed E-state index contributed by atoms with van der Waals surface area (Å²) in [5.74, 6) is 0.692. The molecule has 2 bridgehead atoms. The van der Waals surface area contributed by atoms with Crippen molar-refractivity contribution in [1.29, 1.82) is 0 Å². The number of hydrogen-bond donors (Lipinski definition) is 2. The molecule has 3 atom stereocenters. The van der Waals surface area contributed by atoms with Crippen LogP contribution in [0.25, 0.3) is 0 Å². The van der Waals surface area contributed by atoms with E-state index >= 15 is 0 Å². The SMILES string of the molecule is O=C(CC1CC2CCC1C2)Nc1cccc(Cl)c1C(=O)O. The largest absolute Gasteiger partial charge is 0.478 e. The molecular weight excluding hydrogens is 290 g/mol. The van der Waals surface area contributed by atoms with Gasteiger partial charge in [-0.15, -0.1) is 0 Å². The highest BCUT2D eigenvalue weighted by Crippen LogP contribution is 2.49. The van der Waals surface area contributed by atoms with Crippen molar-refractivity contribution >= 4 is 29.2 Å². The molecule has 112 valence electrons. The highest BCUT2D eigenvalue weighted by molar-refractivity contribution is 6.34. The van der Waals surface area contributed by atoms with E-state index in [1.807, 2.05) is 0 Å². The van der Waals surface area contributed by atoms with Crippen molar-refractivity contribution in [1.82, 2.24) is 0 Å². The van der Waals surface area contributed by atoms with Gasteiger partial charge in [0, 0.05) is 6.42 Å². The minimum absolute atomic E-state index is 0.0412. The molecule has 0 heterocycles. The number of carbonyl (C=O) groups excluding carboxylic acids is 1. The third-order valence-electron chi connectivity index (χ3n) is 4.83. The van der Waals surface area contributed by atoms with Crippen molar-refractivity contribution in [3.63, 3.8) is 0 Å². The Bertz CT molecular complexity index is 587. The molecule has 2 N–H and O–H groups in total. The number of anilines is 1. The van der Waals surface area contributed by atoms with Crippen LogP contribution in [-0.4, -0.2) is 17.0 Å². The molecule has 0 saturated heterocycles. The highest BCUT2D eigenvalue weighted by Gasteiger charge is 2.40. The van der Waals surface area contributed by atoms with Crippen molar-refractivity contribution in [2.24, 2.45) is 17.8 Å². The van der Waals surface area contributed by atoms with Gasteiger partial charge in [-0.25, -0.2) is 4.79 Å². The Hall–Kier alpha value is -1.55. The molecule has 0 aliphatic heterocycles. The van der Waals surface area contributed by atoms with E-state index < -0.39 is 5.97 Å². The second-order valence-electron chi connectivity index (χ2n) is 6.15. The molecule has 21 heavy (non-hydrogen) atoms. The summed E-state index contributed by atoms with van der Waals surface area (Å²) in [6, 6.07) is 4.73. The standard InChI is InChI=1S/C16H18ClNO3/c17-12-2-1-3-13(15(12)16(20)21)18-14(19)8-11-7-9-4-5-10(11)6-9/h1-3,9-11H,4-8H2,(H,18,19)(H,20,21). The van der Waals surface area contributed by atoms with Crippen LogP contribution >= 0.6 is 11.6 Å². The van der Waals surface area contributed by atoms with Crippen molar-refractivity contribution in [2.45, 2.75) is 32.1 Å². The van der Waals surface area contributed by atoms with E-state index in [2.05, 4.69) is 5.32 Å². The zero-order valence-electron chi connectivity index (χ0n) is 11.6. The second kappa shape index (κ2) is 5.68. The van der Waals surface area contributed by atoms with Crippen LogP contribution in [0.2, 0.25) is 5.02 Å². The lowest BCUT2D eigenvalue weighted by Gasteiger charge is -2.21. The van der Waals surface area contributed by atoms with Gasteiger partial charge in [0.1, 0.15) is 5.56 Å². The Morgan fingerprint density at radius 2 is 2.10 bits per heavy atom. The number of halogens is 1. The Labute approximate surface area is 128 Å². The first-order valence-corrected chi connectivity index (χ1v) is 7.74. The minimum Gasteiger partial charge on any atom is -0.478 e. The normalized spacial score (nSPS) is 26.8. The topological polar surface area (TPSA) is 66.4 Å². The van der Waals surface area contributed by atoms with Crippen molar-refractivity contribution < 1.29 is 14.7 Å². The molecule has 2 aliphatic carbocycles. The lowest BCUT2D eigenvalue weighted by Crippen LogP contribution is -2.21. The van der Waals surface area contributed by atoms with Gasteiger partial charge in [-0.2, -0.15) is 0 Å². The maximum absolute atomic E-state index is 12.2. The van der Waals surface area contributed by atoms with Gasteiger partial charge in [-0.05, 0) is 49.1 Å². The summed E-state index contributed by atoms with van der Waals surface area (Å²) in [4.78, 5) is 23.4. The summed E-state index contributed by atoms with van der Waals surface area (Å²) >= 11 is 5.90. The summed E-state index contributed by atoms with van der Waals surface area (Å²) < 4.78 is 0. The number of carbonyl (C=O) groups is 2. The van der Waals surface area contributed by atoms with Gasteiger partial charge in [-0.3, -0.25) is 4.79 Å². The summed E-state index contributed by atoms with van der Waals surface area (Å²) in [5, 5.41) is 12.0. The number of rotatable bonds is 4. The number of aromatic carboxylic acids is 1. The van der Waals surface area contributed by atoms with Crippen LogP contribution in [0.4, 0.5) is 5.69 Å². The van der Waals surface area contributed by atoms with Gasteiger partial charge >= 0.3 is 5.97 Å². The Kier molecular flexibility index (Phi) is 3.89. The zero-order chi connectivity index (χ0) is 15.0. The fourth-order valence-corrected chi connectivity index (χ4v) is 4.17. The molecule has 0 radical (unpaired) electrons. The summed E-state index contributed by atoms with van der Waals surface area (Å²) in [5.41, 5.74) is 0.239. The number of carboxylic acid groups (broad SMARTS) is 1. The molecule has 3 unspecified atom stereocenters. The molecule has 1 aromatic rings. The van der Waals surface area contributed by atoms with E-state index in [0.717, 1.165) is 12.3 Å². The van der Waals surface area contributed by atoms with E-state index in [1.165, 1.54) is 25.3 Å². The molecule has 0 spiro atoms. The molecule has 2 aliphatic rings. The van der Waals surface area contributed by atoms with Gasteiger partial charge in [0.15, 0.2) is 0 Å². The van der Waals surface area contributed by atoms with E-state index in [0.29, 0.717) is 18.3 Å². The lowest BCUT2D eigenvalue weighted by atomic mass is 9.86. The molecular formula is C16H18ClNO3. The third kappa shape index (κ3) is 2.91. The van der Waals surface area contributed by atoms with Crippen molar-refractivity contribution in [2.75, 3.05) is 5.32 Å². The van der Waals surface area contributed by atoms with Crippen LogP contribution in [0, 0.1) is 17.8 Å². The first kappa shape index (κ1) is 14.4. The van der Waals surface area contributed by atoms with Gasteiger partial charge in [0.2, 0.25) is 5.91 Å². The molecule has 3 rings (SSSR count). The molecule has 1 aromatic carbocycles. The maximum Gasteiger partial charge on any atom is 0.339 e. The number of amides is 1. The highest BCUT2D eigenvalue weighted by atomic mass is 35.5. The van der Waals surface area contributed by atoms with Gasteiger partial charge < -0.3 is 10.4 Å². The van der Waals surface area contributed by atoms with E-state index in [4.69, 9.17) is 11.6 Å². The van der Waals surface area contributed by atoms with Crippen LogP contribution in [0.3, 0.4) is 0 Å². The average molecular weight is 308 g/mol. The first-order valence-electron chi connectivity index (χ1n) is 7.36. The van der Waals surface area contributed by atoms with Crippen LogP contribution in [0.5, 0.6) is 0 Å². The molecule has 1 amide bonds. The third-order valence-corrected chi connectivity index (χ3v) is 5.15. The molecule has 2 saturated carbocycles. The smallest absolute Gasteiger partial charge is 0.339 e. The second-order valence-corrected chi connectivity index (χ2v) is 6.56. The van der Waals surface area contributed by atoms with Crippen LogP contribution < -0.4 is 5.32 Å². The molecule has 4 nitrogen and oxygen atoms in total. The van der Waals surface area contributed by atoms with Crippen molar-refractivity contribution in [3.8, 4) is 0 Å². The van der Waals surface area contributed by atoms with E-state index in [-0.39, 0.29) is 22.2 Å². The maximum atomic E-state index is 12.2. The average Bonchev–Trinajstić information content (AvgIpc) is 3.00. The van der Waals surface area contributed by atoms with E-state index in [9.17, 15) is 14.7 Å². The quantitative estimate of drug-likeness (QED) is 0.889. The Morgan fingerprint density at radius 1 is 1.29 bits per heavy atom. The fraction of sp³-hybridized carbons (Fsp3) is 0.500. The van der Waals surface area contributed by atoms with Crippen LogP contribution in [-0.2, 0) is 4.79 Å². The monoisotopic (exact) mass is 307 g/mol. The summed E-state index contributed by atoms with van der Waals surface area (Å²) in [6.07, 6.45) is 5.42. The Balaban J connectivity index is 1.68. The van der Waals surface area contributed by atoms with E-state index in [1.54, 1.807) is 12.1 Å². The van der Waals surface area contributed by atoms with Gasteiger partial charge in [-0.1, -0.05) is 24.1 Å². The lowest BCUT2D eigenvalue weighted by molar-refractivity contribution is -0.117. The zero-order valence-corrected chi connectivity index (χ0v) is 12.4. The molecule has 5 heteroatoms. The van der Waals surface area contributed by atoms with Gasteiger partial charge in [0.25, 0.3) is 0 Å². The van der Waals surface area contributed by atoms with Crippen molar-refractivity contribution in [3.05, 3.63) is 28.8 Å². The number of hydrogen-bond acceptors (Lipinski definition) is 2. The van der Waals surface area contributed by atoms with Crippen LogP contribution in [0.15, 0.2) is 18.2 Å².